The minimum absolute atomic E-state index is 0.0479. The Morgan fingerprint density at radius 2 is 0.714 bits per heavy atom. The first kappa shape index (κ1) is 73.4. The number of phosphoric acid groups is 1. The molecule has 0 saturated heterocycles. The number of unbranched alkanes of at least 4 members (excludes halogenated alkanes) is 24. The summed E-state index contributed by atoms with van der Waals surface area (Å²) < 4.78 is 33.0. The van der Waals surface area contributed by atoms with Gasteiger partial charge in [0.25, 0.3) is 0 Å². The summed E-state index contributed by atoms with van der Waals surface area (Å²) in [5.74, 6) is -0.836. The molecule has 0 spiro atoms. The van der Waals surface area contributed by atoms with Gasteiger partial charge in [-0.2, -0.15) is 0 Å². The highest BCUT2D eigenvalue weighted by Crippen LogP contribution is 2.43. The van der Waals surface area contributed by atoms with Crippen LogP contribution >= 0.6 is 7.82 Å². The Kier molecular flexibility index (Phi) is 58.7. The Morgan fingerprint density at radius 1 is 0.403 bits per heavy atom. The third kappa shape index (κ3) is 61.5. The molecule has 0 radical (unpaired) electrons. The second kappa shape index (κ2) is 61.6. The van der Waals surface area contributed by atoms with Crippen LogP contribution in [0.5, 0.6) is 0 Å². The van der Waals surface area contributed by atoms with E-state index >= 15 is 0 Å². The van der Waals surface area contributed by atoms with Gasteiger partial charge in [0.15, 0.2) is 6.10 Å². The highest BCUT2D eigenvalue weighted by atomic mass is 31.2. The average molecular weight is 1090 g/mol. The minimum Gasteiger partial charge on any atom is -0.462 e. The van der Waals surface area contributed by atoms with Crippen LogP contribution in [0.4, 0.5) is 0 Å². The Labute approximate surface area is 472 Å². The van der Waals surface area contributed by atoms with Crippen LogP contribution in [0.15, 0.2) is 122 Å². The number of esters is 2. The number of rotatable bonds is 57. The van der Waals surface area contributed by atoms with Crippen molar-refractivity contribution >= 4 is 19.8 Å². The van der Waals surface area contributed by atoms with E-state index in [0.29, 0.717) is 6.42 Å². The van der Waals surface area contributed by atoms with Gasteiger partial charge in [-0.15, -0.1) is 0 Å². The van der Waals surface area contributed by atoms with Crippen molar-refractivity contribution in [2.24, 2.45) is 5.73 Å². The van der Waals surface area contributed by atoms with E-state index in [1.54, 1.807) is 0 Å². The number of carbonyl (C=O) groups excluding carboxylic acids is 2. The van der Waals surface area contributed by atoms with Gasteiger partial charge < -0.3 is 20.1 Å². The molecule has 0 heterocycles. The molecule has 0 aliphatic carbocycles. The maximum absolute atomic E-state index is 12.7. The number of ether oxygens (including phenoxy) is 2. The van der Waals surface area contributed by atoms with Crippen molar-refractivity contribution in [1.82, 2.24) is 0 Å². The van der Waals surface area contributed by atoms with Crippen molar-refractivity contribution in [2.45, 2.75) is 264 Å². The van der Waals surface area contributed by atoms with Crippen LogP contribution < -0.4 is 5.73 Å². The minimum atomic E-state index is -4.40. The number of allylic oxidation sites excluding steroid dienone is 20. The Bertz CT molecular complexity index is 1670. The first-order valence-electron chi connectivity index (χ1n) is 31.0. The molecule has 440 valence electrons. The largest absolute Gasteiger partial charge is 0.472 e. The second-order valence-electron chi connectivity index (χ2n) is 20.2. The van der Waals surface area contributed by atoms with Gasteiger partial charge in [0.2, 0.25) is 0 Å². The molecular weight excluding hydrogens is 978 g/mol. The van der Waals surface area contributed by atoms with E-state index in [-0.39, 0.29) is 38.6 Å². The molecule has 77 heavy (non-hydrogen) atoms. The number of phosphoric ester groups is 1. The summed E-state index contributed by atoms with van der Waals surface area (Å²) in [6.07, 6.45) is 85.5. The Morgan fingerprint density at radius 3 is 1.06 bits per heavy atom. The summed E-state index contributed by atoms with van der Waals surface area (Å²) in [6, 6.07) is 0. The molecule has 0 aromatic heterocycles. The average Bonchev–Trinajstić information content (AvgIpc) is 3.42. The van der Waals surface area contributed by atoms with Crippen molar-refractivity contribution in [3.8, 4) is 0 Å². The van der Waals surface area contributed by atoms with Crippen LogP contribution in [0, 0.1) is 0 Å². The molecule has 9 nitrogen and oxygen atoms in total. The molecule has 0 aliphatic heterocycles. The SMILES string of the molecule is CC/C=C\C/C=C\C/C=C\C/C=C\C/C=C\C/C=C\C/C=C\C/C=C\C/C=C\C/C=C\CCCCCCCCCCC(=O)OC(COC(=O)CCCCCCCCCCCCCCCCCCC)COP(=O)(O)OCCN. The van der Waals surface area contributed by atoms with Crippen LogP contribution in [-0.2, 0) is 32.7 Å². The summed E-state index contributed by atoms with van der Waals surface area (Å²) in [5, 5.41) is 0. The van der Waals surface area contributed by atoms with Gasteiger partial charge in [-0.25, -0.2) is 4.57 Å². The molecule has 0 rings (SSSR count). The van der Waals surface area contributed by atoms with Crippen LogP contribution in [0.25, 0.3) is 0 Å². The summed E-state index contributed by atoms with van der Waals surface area (Å²) in [6.45, 7) is 3.63. The second-order valence-corrected chi connectivity index (χ2v) is 21.7. The quantitative estimate of drug-likeness (QED) is 0.0264. The predicted octanol–water partition coefficient (Wildman–Crippen LogP) is 20.0. The first-order valence-corrected chi connectivity index (χ1v) is 32.5. The highest BCUT2D eigenvalue weighted by molar-refractivity contribution is 7.47. The molecule has 0 aliphatic rings. The normalized spacial score (nSPS) is 13.9. The molecular formula is C67H114NO8P. The predicted molar refractivity (Wildman–Crippen MR) is 330 cm³/mol. The molecule has 2 unspecified atom stereocenters. The van der Waals surface area contributed by atoms with Gasteiger partial charge in [-0.3, -0.25) is 18.6 Å². The molecule has 2 atom stereocenters. The van der Waals surface area contributed by atoms with Gasteiger partial charge in [-0.1, -0.05) is 277 Å². The lowest BCUT2D eigenvalue weighted by atomic mass is 10.0. The zero-order valence-corrected chi connectivity index (χ0v) is 50.0. The van der Waals surface area contributed by atoms with Gasteiger partial charge in [0.1, 0.15) is 6.61 Å². The zero-order valence-electron chi connectivity index (χ0n) is 49.2. The summed E-state index contributed by atoms with van der Waals surface area (Å²) in [7, 11) is -4.40. The lowest BCUT2D eigenvalue weighted by Crippen LogP contribution is -2.29. The van der Waals surface area contributed by atoms with Crippen molar-refractivity contribution in [3.05, 3.63) is 122 Å². The van der Waals surface area contributed by atoms with Gasteiger partial charge in [-0.05, 0) is 89.9 Å². The van der Waals surface area contributed by atoms with E-state index < -0.39 is 26.5 Å². The number of nitrogens with two attached hydrogens (primary N) is 1. The van der Waals surface area contributed by atoms with Crippen LogP contribution in [0.1, 0.15) is 258 Å². The molecule has 0 aromatic rings. The van der Waals surface area contributed by atoms with E-state index in [0.717, 1.165) is 109 Å². The lowest BCUT2D eigenvalue weighted by molar-refractivity contribution is -0.161. The fourth-order valence-corrected chi connectivity index (χ4v) is 9.08. The Balaban J connectivity index is 3.98. The smallest absolute Gasteiger partial charge is 0.462 e. The summed E-state index contributed by atoms with van der Waals surface area (Å²) in [4.78, 5) is 35.2. The third-order valence-corrected chi connectivity index (χ3v) is 13.8. The molecule has 0 fully saturated rings. The maximum Gasteiger partial charge on any atom is 0.472 e. The Hall–Kier alpha value is -3.59. The summed E-state index contributed by atoms with van der Waals surface area (Å²) in [5.41, 5.74) is 5.38. The topological polar surface area (TPSA) is 134 Å². The van der Waals surface area contributed by atoms with Crippen molar-refractivity contribution in [2.75, 3.05) is 26.4 Å². The van der Waals surface area contributed by atoms with Crippen molar-refractivity contribution in [1.29, 1.82) is 0 Å². The molecule has 0 saturated carbocycles. The summed E-state index contributed by atoms with van der Waals surface area (Å²) >= 11 is 0. The van der Waals surface area contributed by atoms with E-state index in [1.165, 1.54) is 116 Å². The van der Waals surface area contributed by atoms with Gasteiger partial charge in [0.05, 0.1) is 13.2 Å². The maximum atomic E-state index is 12.7. The molecule has 10 heteroatoms. The fraction of sp³-hybridized carbons (Fsp3) is 0.672. The van der Waals surface area contributed by atoms with Crippen molar-refractivity contribution < 1.29 is 37.6 Å². The van der Waals surface area contributed by atoms with Crippen molar-refractivity contribution in [3.63, 3.8) is 0 Å². The highest BCUT2D eigenvalue weighted by Gasteiger charge is 2.26. The van der Waals surface area contributed by atoms with E-state index in [9.17, 15) is 19.0 Å². The van der Waals surface area contributed by atoms with E-state index in [2.05, 4.69) is 135 Å². The van der Waals surface area contributed by atoms with Gasteiger partial charge >= 0.3 is 19.8 Å². The van der Waals surface area contributed by atoms with Crippen LogP contribution in [0.3, 0.4) is 0 Å². The number of hydrogen-bond acceptors (Lipinski definition) is 8. The zero-order chi connectivity index (χ0) is 55.9. The molecule has 0 amide bonds. The van der Waals surface area contributed by atoms with Gasteiger partial charge in [0, 0.05) is 19.4 Å². The lowest BCUT2D eigenvalue weighted by Gasteiger charge is -2.19. The monoisotopic (exact) mass is 1090 g/mol. The number of hydrogen-bond donors (Lipinski definition) is 2. The molecule has 3 N–H and O–H groups in total. The number of carbonyl (C=O) groups is 2. The van der Waals surface area contributed by atoms with E-state index in [4.69, 9.17) is 24.3 Å². The third-order valence-electron chi connectivity index (χ3n) is 12.9. The van der Waals surface area contributed by atoms with Crippen LogP contribution in [-0.4, -0.2) is 49.3 Å². The first-order chi connectivity index (χ1) is 37.8. The van der Waals surface area contributed by atoms with Crippen LogP contribution in [0.2, 0.25) is 0 Å². The molecule has 0 aromatic carbocycles. The standard InChI is InChI=1S/C67H114NO8P/c1-3-5-7-9-11-13-15-17-19-21-22-23-24-25-26-27-28-29-30-31-32-33-34-35-36-37-38-39-40-41-42-44-46-48-50-52-54-56-58-60-67(70)76-65(64-75-77(71,72)74-62-61-68)63-73-66(69)59-57-55-53-51-49-47-45-43-20-18-16-14-12-10-8-6-4-2/h5,7,11,13,17,19,22-23,25-26,28-29,31-32,34-35,37-38,40-41,65H,3-4,6,8-10,12,14-16,18,20-21,24,27,30,33,36,39,42-64,68H2,1-2H3,(H,71,72)/b7-5-,13-11-,19-17-,23-22-,26-25-,29-28-,32-31-,35-34-,38-37-,41-40-. The molecule has 0 bridgehead atoms. The van der Waals surface area contributed by atoms with E-state index in [1.807, 2.05) is 0 Å². The fourth-order valence-electron chi connectivity index (χ4n) is 8.31.